The summed E-state index contributed by atoms with van der Waals surface area (Å²) in [7, 11) is 0. The summed E-state index contributed by atoms with van der Waals surface area (Å²) in [4.78, 5) is 13.4. The van der Waals surface area contributed by atoms with Crippen LogP contribution in [0.1, 0.15) is 251 Å². The van der Waals surface area contributed by atoms with Crippen LogP contribution >= 0.6 is 0 Å². The number of aliphatic hydroxyl groups excluding tert-OH is 11. The minimum Gasteiger partial charge on any atom is -0.394 e. The first-order chi connectivity index (χ1) is 42.8. The molecule has 17 atom stereocenters. The average Bonchev–Trinajstić information content (AvgIpc) is 3.59. The van der Waals surface area contributed by atoms with Gasteiger partial charge < -0.3 is 89.9 Å². The Morgan fingerprint density at radius 1 is 0.409 bits per heavy atom. The smallest absolute Gasteiger partial charge is 0.220 e. The molecule has 514 valence electrons. The zero-order chi connectivity index (χ0) is 64.0. The summed E-state index contributed by atoms with van der Waals surface area (Å²) in [6, 6.07) is -0.999. The SMILES string of the molecule is CCCCC/C=C\C/C=C\CCCCCCCC(=O)NC(COC1OC(CO)C(OC2OC(CO)C(OC3OC(CO)C(O)C(O)C3O)C(O)C2O)C(O)C1O)C(O)/C=C/CC/C=C/CCCCCCCCCCCCCCCCCCCCCCCC. The molecule has 3 heterocycles. The molecule has 0 saturated carbocycles. The Morgan fingerprint density at radius 2 is 0.761 bits per heavy atom. The Hall–Kier alpha value is -2.25. The Kier molecular flexibility index (Phi) is 46.5. The van der Waals surface area contributed by atoms with Gasteiger partial charge in [0.15, 0.2) is 18.9 Å². The summed E-state index contributed by atoms with van der Waals surface area (Å²) in [6.45, 7) is 1.68. The lowest BCUT2D eigenvalue weighted by atomic mass is 9.96. The Morgan fingerprint density at radius 3 is 1.23 bits per heavy atom. The molecule has 3 saturated heterocycles. The van der Waals surface area contributed by atoms with Crippen molar-refractivity contribution in [2.75, 3.05) is 26.4 Å². The number of ether oxygens (including phenoxy) is 6. The summed E-state index contributed by atoms with van der Waals surface area (Å²) in [5, 5.41) is 120. The highest BCUT2D eigenvalue weighted by Crippen LogP contribution is 2.33. The first-order valence-corrected chi connectivity index (χ1v) is 34.9. The number of hydrogen-bond donors (Lipinski definition) is 12. The van der Waals surface area contributed by atoms with E-state index in [4.69, 9.17) is 28.4 Å². The van der Waals surface area contributed by atoms with Crippen LogP contribution in [-0.2, 0) is 33.2 Å². The second kappa shape index (κ2) is 51.2. The van der Waals surface area contributed by atoms with Crippen molar-refractivity contribution in [3.63, 3.8) is 0 Å². The number of unbranched alkanes of at least 4 members (excludes halogenated alkanes) is 31. The molecule has 88 heavy (non-hydrogen) atoms. The molecule has 1 amide bonds. The highest BCUT2D eigenvalue weighted by Gasteiger charge is 2.53. The molecule has 0 aromatic carbocycles. The van der Waals surface area contributed by atoms with Gasteiger partial charge in [0.05, 0.1) is 38.6 Å². The maximum Gasteiger partial charge on any atom is 0.220 e. The van der Waals surface area contributed by atoms with Crippen molar-refractivity contribution in [2.45, 2.75) is 356 Å². The van der Waals surface area contributed by atoms with E-state index in [0.717, 1.165) is 64.2 Å². The van der Waals surface area contributed by atoms with E-state index in [1.165, 1.54) is 154 Å². The van der Waals surface area contributed by atoms with Crippen LogP contribution in [0.15, 0.2) is 48.6 Å². The zero-order valence-electron chi connectivity index (χ0n) is 54.2. The number of amides is 1. The Bertz CT molecular complexity index is 1790. The zero-order valence-corrected chi connectivity index (χ0v) is 54.2. The number of aliphatic hydroxyl groups is 11. The summed E-state index contributed by atoms with van der Waals surface area (Å²) in [6.07, 6.45) is 33.9. The number of rotatable bonds is 53. The summed E-state index contributed by atoms with van der Waals surface area (Å²) in [5.74, 6) is -0.299. The predicted octanol–water partition coefficient (Wildman–Crippen LogP) is 9.00. The largest absolute Gasteiger partial charge is 0.394 e. The molecule has 3 aliphatic rings. The summed E-state index contributed by atoms with van der Waals surface area (Å²) < 4.78 is 34.3. The van der Waals surface area contributed by atoms with Crippen LogP contribution in [0.5, 0.6) is 0 Å². The van der Waals surface area contributed by atoms with Crippen molar-refractivity contribution < 1.29 is 89.4 Å². The normalized spacial score (nSPS) is 28.7. The maximum atomic E-state index is 13.4. The number of carbonyl (C=O) groups excluding carboxylic acids is 1. The van der Waals surface area contributed by atoms with Gasteiger partial charge in [-0.3, -0.25) is 4.79 Å². The van der Waals surface area contributed by atoms with Gasteiger partial charge in [0.2, 0.25) is 5.91 Å². The van der Waals surface area contributed by atoms with Gasteiger partial charge >= 0.3 is 0 Å². The van der Waals surface area contributed by atoms with Gasteiger partial charge in [-0.2, -0.15) is 0 Å². The molecule has 0 aromatic heterocycles. The van der Waals surface area contributed by atoms with Gasteiger partial charge in [-0.1, -0.05) is 229 Å². The van der Waals surface area contributed by atoms with Crippen LogP contribution in [0, 0.1) is 0 Å². The van der Waals surface area contributed by atoms with E-state index in [9.17, 15) is 61.0 Å². The predicted molar refractivity (Wildman–Crippen MR) is 342 cm³/mol. The lowest BCUT2D eigenvalue weighted by molar-refractivity contribution is -0.379. The number of nitrogens with one attached hydrogen (secondary N) is 1. The van der Waals surface area contributed by atoms with Gasteiger partial charge in [0, 0.05) is 6.42 Å². The molecule has 12 N–H and O–H groups in total. The van der Waals surface area contributed by atoms with Crippen molar-refractivity contribution >= 4 is 5.91 Å². The highest BCUT2D eigenvalue weighted by atomic mass is 16.8. The number of allylic oxidation sites excluding steroid dienone is 7. The van der Waals surface area contributed by atoms with E-state index in [0.29, 0.717) is 12.8 Å². The van der Waals surface area contributed by atoms with Gasteiger partial charge in [-0.15, -0.1) is 0 Å². The molecule has 0 aromatic rings. The van der Waals surface area contributed by atoms with E-state index in [-0.39, 0.29) is 18.9 Å². The van der Waals surface area contributed by atoms with E-state index in [1.54, 1.807) is 6.08 Å². The lowest BCUT2D eigenvalue weighted by Crippen LogP contribution is -2.66. The third kappa shape index (κ3) is 33.0. The minimum atomic E-state index is -1.98. The van der Waals surface area contributed by atoms with Crippen LogP contribution in [0.2, 0.25) is 0 Å². The van der Waals surface area contributed by atoms with Crippen LogP contribution in [0.25, 0.3) is 0 Å². The van der Waals surface area contributed by atoms with Crippen molar-refractivity contribution in [2.24, 2.45) is 0 Å². The van der Waals surface area contributed by atoms with Crippen molar-refractivity contribution in [1.82, 2.24) is 5.32 Å². The fourth-order valence-corrected chi connectivity index (χ4v) is 11.6. The maximum absolute atomic E-state index is 13.4. The van der Waals surface area contributed by atoms with E-state index in [1.807, 2.05) is 6.08 Å². The highest BCUT2D eigenvalue weighted by molar-refractivity contribution is 5.76. The van der Waals surface area contributed by atoms with Crippen LogP contribution in [0.3, 0.4) is 0 Å². The fourth-order valence-electron chi connectivity index (χ4n) is 11.6. The summed E-state index contributed by atoms with van der Waals surface area (Å²) >= 11 is 0. The van der Waals surface area contributed by atoms with Crippen molar-refractivity contribution in [1.29, 1.82) is 0 Å². The van der Waals surface area contributed by atoms with E-state index < -0.39 is 124 Å². The first kappa shape index (κ1) is 80.0. The van der Waals surface area contributed by atoms with Crippen LogP contribution < -0.4 is 5.32 Å². The van der Waals surface area contributed by atoms with E-state index in [2.05, 4.69) is 55.6 Å². The third-order valence-corrected chi connectivity index (χ3v) is 17.3. The second-order valence-electron chi connectivity index (χ2n) is 25.0. The number of hydrogen-bond acceptors (Lipinski definition) is 18. The minimum absolute atomic E-state index is 0.218. The molecule has 0 radical (unpaired) electrons. The van der Waals surface area contributed by atoms with Crippen LogP contribution in [0.4, 0.5) is 0 Å². The molecular formula is C69H125NO18. The molecule has 19 heteroatoms. The molecular weight excluding hydrogens is 1130 g/mol. The number of carbonyl (C=O) groups is 1. The molecule has 3 fully saturated rings. The van der Waals surface area contributed by atoms with Gasteiger partial charge in [0.1, 0.15) is 73.2 Å². The Labute approximate surface area is 529 Å². The molecule has 0 bridgehead atoms. The van der Waals surface area contributed by atoms with Gasteiger partial charge in [-0.05, 0) is 64.2 Å². The molecule has 0 aliphatic carbocycles. The van der Waals surface area contributed by atoms with Crippen LogP contribution in [-0.4, -0.2) is 193 Å². The first-order valence-electron chi connectivity index (χ1n) is 34.9. The molecule has 0 spiro atoms. The van der Waals surface area contributed by atoms with Crippen molar-refractivity contribution in [3.05, 3.63) is 48.6 Å². The second-order valence-corrected chi connectivity index (χ2v) is 25.0. The molecule has 3 aliphatic heterocycles. The Balaban J connectivity index is 1.43. The molecule has 3 rings (SSSR count). The molecule has 17 unspecified atom stereocenters. The third-order valence-electron chi connectivity index (χ3n) is 17.3. The average molecular weight is 1260 g/mol. The van der Waals surface area contributed by atoms with E-state index >= 15 is 0 Å². The topological polar surface area (TPSA) is 307 Å². The fraction of sp³-hybridized carbons (Fsp3) is 0.870. The quantitative estimate of drug-likeness (QED) is 0.0200. The molecule has 19 nitrogen and oxygen atoms in total. The summed E-state index contributed by atoms with van der Waals surface area (Å²) in [5.41, 5.74) is 0. The van der Waals surface area contributed by atoms with Gasteiger partial charge in [0.25, 0.3) is 0 Å². The van der Waals surface area contributed by atoms with Gasteiger partial charge in [-0.25, -0.2) is 0 Å². The monoisotopic (exact) mass is 1260 g/mol. The van der Waals surface area contributed by atoms with Crippen molar-refractivity contribution in [3.8, 4) is 0 Å². The lowest BCUT2D eigenvalue weighted by Gasteiger charge is -2.48. The standard InChI is InChI=1S/C69H125NO18/c1-3-5-7-9-11-13-15-17-19-20-21-22-23-24-25-26-27-28-29-30-31-33-34-36-38-40-42-44-46-53(74)52(70-57(75)47-45-43-41-39-37-35-32-18-16-14-12-10-8-6-4-2)51-83-67-63(81)60(78)65(55(49-72)85-67)88-69-64(82)61(79)66(56(50-73)86-69)87-68-62(80)59(77)58(76)54(48-71)84-68/h12,14,18,32,36,38,44,46,52-56,58-69,71-74,76-82H,3-11,13,15-17,19-31,33-35,37,39-43,45,47-51H2,1-2H3,(H,70,75)/b14-12-,32-18-,38-36+,46-44+.